The fraction of sp³-hybridized carbons (Fsp3) is 0.423. The van der Waals surface area contributed by atoms with Gasteiger partial charge in [-0.3, -0.25) is 19.3 Å². The summed E-state index contributed by atoms with van der Waals surface area (Å²) >= 11 is 6.14. The summed E-state index contributed by atoms with van der Waals surface area (Å²) in [5.74, 6) is 0.0252. The highest BCUT2D eigenvalue weighted by Gasteiger charge is 2.35. The summed E-state index contributed by atoms with van der Waals surface area (Å²) in [6.07, 6.45) is -0.117. The van der Waals surface area contributed by atoms with Gasteiger partial charge in [0.25, 0.3) is 0 Å². The number of carbonyl (C=O) groups excluding carboxylic acids is 3. The van der Waals surface area contributed by atoms with Crippen LogP contribution in [0.15, 0.2) is 42.5 Å². The molecule has 0 saturated carbocycles. The number of nitrogens with one attached hydrogen (secondary N) is 2. The lowest BCUT2D eigenvalue weighted by Crippen LogP contribution is -2.60. The van der Waals surface area contributed by atoms with Crippen LogP contribution in [0.25, 0.3) is 0 Å². The molecule has 2 aromatic rings. The van der Waals surface area contributed by atoms with Gasteiger partial charge in [0.05, 0.1) is 20.1 Å². The normalized spacial score (nSPS) is 18.5. The van der Waals surface area contributed by atoms with E-state index in [4.69, 9.17) is 16.3 Å². The predicted molar refractivity (Wildman–Crippen MR) is 140 cm³/mol. The van der Waals surface area contributed by atoms with E-state index in [0.29, 0.717) is 23.8 Å². The highest BCUT2D eigenvalue weighted by Crippen LogP contribution is 2.22. The molecule has 0 aliphatic carbocycles. The summed E-state index contributed by atoms with van der Waals surface area (Å²) in [6, 6.07) is 12.4. The van der Waals surface area contributed by atoms with E-state index in [1.54, 1.807) is 19.2 Å². The van der Waals surface area contributed by atoms with Crippen LogP contribution < -0.4 is 20.3 Å². The number of nitrogens with zero attached hydrogens (tertiary/aromatic N) is 3. The minimum Gasteiger partial charge on any atom is -0.497 e. The third kappa shape index (κ3) is 6.27. The zero-order chi connectivity index (χ0) is 25.7. The lowest BCUT2D eigenvalue weighted by molar-refractivity contribution is -0.145. The fourth-order valence-electron chi connectivity index (χ4n) is 4.51. The standard InChI is InChI=1S/C26H32ClN5O4/c1-18-3-4-19(15-22(18)27)29-24(33)16-23-26(35)28-9-10-32(23)25(34)17-30-11-13-31(14-12-30)20-5-7-21(36-2)8-6-20/h3-8,15,23H,9-14,16-17H2,1-2H3,(H,28,35)(H,29,33)/t23-/m0/s1. The quantitative estimate of drug-likeness (QED) is 0.589. The van der Waals surface area contributed by atoms with Crippen molar-refractivity contribution in [1.82, 2.24) is 15.1 Å². The van der Waals surface area contributed by atoms with Gasteiger partial charge in [-0.05, 0) is 48.9 Å². The zero-order valence-electron chi connectivity index (χ0n) is 20.6. The lowest BCUT2D eigenvalue weighted by atomic mass is 10.1. The van der Waals surface area contributed by atoms with Crippen LogP contribution in [0.3, 0.4) is 0 Å². The maximum absolute atomic E-state index is 13.2. The molecule has 10 heteroatoms. The third-order valence-corrected chi connectivity index (χ3v) is 7.06. The van der Waals surface area contributed by atoms with E-state index in [0.717, 1.165) is 43.2 Å². The Labute approximate surface area is 216 Å². The second-order valence-electron chi connectivity index (χ2n) is 9.07. The zero-order valence-corrected chi connectivity index (χ0v) is 21.4. The van der Waals surface area contributed by atoms with Crippen molar-refractivity contribution in [2.75, 3.05) is 63.1 Å². The van der Waals surface area contributed by atoms with Gasteiger partial charge in [-0.2, -0.15) is 0 Å². The first-order valence-electron chi connectivity index (χ1n) is 12.1. The number of halogens is 1. The van der Waals surface area contributed by atoms with Gasteiger partial charge < -0.3 is 25.2 Å². The molecule has 36 heavy (non-hydrogen) atoms. The smallest absolute Gasteiger partial charge is 0.243 e. The van der Waals surface area contributed by atoms with Gasteiger partial charge in [-0.15, -0.1) is 0 Å². The van der Waals surface area contributed by atoms with Gasteiger partial charge in [-0.25, -0.2) is 0 Å². The van der Waals surface area contributed by atoms with Gasteiger partial charge in [-0.1, -0.05) is 17.7 Å². The average Bonchev–Trinajstić information content (AvgIpc) is 2.88. The van der Waals surface area contributed by atoms with Crippen molar-refractivity contribution in [1.29, 1.82) is 0 Å². The van der Waals surface area contributed by atoms with Crippen LogP contribution in [-0.2, 0) is 14.4 Å². The van der Waals surface area contributed by atoms with Crippen molar-refractivity contribution >= 4 is 40.7 Å². The number of benzene rings is 2. The molecular weight excluding hydrogens is 482 g/mol. The number of anilines is 2. The van der Waals surface area contributed by atoms with E-state index in [-0.39, 0.29) is 30.7 Å². The number of piperazine rings is 2. The largest absolute Gasteiger partial charge is 0.497 e. The number of methoxy groups -OCH3 is 1. The summed E-state index contributed by atoms with van der Waals surface area (Å²) in [7, 11) is 1.65. The molecule has 2 fully saturated rings. The Balaban J connectivity index is 1.31. The van der Waals surface area contributed by atoms with Crippen LogP contribution in [0.5, 0.6) is 5.75 Å². The topological polar surface area (TPSA) is 94.2 Å². The predicted octanol–water partition coefficient (Wildman–Crippen LogP) is 2.13. The van der Waals surface area contributed by atoms with Crippen LogP contribution in [0.1, 0.15) is 12.0 Å². The molecule has 2 aromatic carbocycles. The number of hydrogen-bond acceptors (Lipinski definition) is 6. The van der Waals surface area contributed by atoms with Crippen molar-refractivity contribution in [3.8, 4) is 5.75 Å². The number of aryl methyl sites for hydroxylation is 1. The maximum atomic E-state index is 13.2. The van der Waals surface area contributed by atoms with Gasteiger partial charge in [0, 0.05) is 55.7 Å². The first-order valence-corrected chi connectivity index (χ1v) is 12.5. The first-order chi connectivity index (χ1) is 17.3. The Morgan fingerprint density at radius 3 is 2.47 bits per heavy atom. The van der Waals surface area contributed by atoms with Crippen LogP contribution in [0, 0.1) is 6.92 Å². The molecular formula is C26H32ClN5O4. The molecule has 0 bridgehead atoms. The molecule has 0 spiro atoms. The molecule has 2 saturated heterocycles. The van der Waals surface area contributed by atoms with Crippen molar-refractivity contribution in [3.05, 3.63) is 53.1 Å². The maximum Gasteiger partial charge on any atom is 0.243 e. The Hall–Kier alpha value is -3.30. The average molecular weight is 514 g/mol. The molecule has 2 aliphatic heterocycles. The lowest BCUT2D eigenvalue weighted by Gasteiger charge is -2.39. The van der Waals surface area contributed by atoms with Crippen molar-refractivity contribution in [2.45, 2.75) is 19.4 Å². The summed E-state index contributed by atoms with van der Waals surface area (Å²) < 4.78 is 5.23. The van der Waals surface area contributed by atoms with Crippen LogP contribution in [0.4, 0.5) is 11.4 Å². The van der Waals surface area contributed by atoms with Gasteiger partial charge >= 0.3 is 0 Å². The van der Waals surface area contributed by atoms with Crippen LogP contribution in [0.2, 0.25) is 5.02 Å². The molecule has 2 heterocycles. The fourth-order valence-corrected chi connectivity index (χ4v) is 4.69. The minimum absolute atomic E-state index is 0.117. The molecule has 9 nitrogen and oxygen atoms in total. The van der Waals surface area contributed by atoms with E-state index in [9.17, 15) is 14.4 Å². The van der Waals surface area contributed by atoms with Crippen molar-refractivity contribution < 1.29 is 19.1 Å². The SMILES string of the molecule is COc1ccc(N2CCN(CC(=O)N3CCNC(=O)[C@@H]3CC(=O)Nc3ccc(C)c(Cl)c3)CC2)cc1. The molecule has 2 N–H and O–H groups in total. The molecule has 3 amide bonds. The number of carbonyl (C=O) groups is 3. The third-order valence-electron chi connectivity index (χ3n) is 6.65. The van der Waals surface area contributed by atoms with Gasteiger partial charge in [0.1, 0.15) is 11.8 Å². The Morgan fingerprint density at radius 1 is 1.08 bits per heavy atom. The highest BCUT2D eigenvalue weighted by molar-refractivity contribution is 6.31. The van der Waals surface area contributed by atoms with Crippen molar-refractivity contribution in [2.24, 2.45) is 0 Å². The molecule has 4 rings (SSSR count). The minimum atomic E-state index is -0.840. The molecule has 1 atom stereocenters. The number of ether oxygens (including phenoxy) is 1. The highest BCUT2D eigenvalue weighted by atomic mass is 35.5. The van der Waals surface area contributed by atoms with Gasteiger partial charge in [0.15, 0.2) is 0 Å². The van der Waals surface area contributed by atoms with Crippen molar-refractivity contribution in [3.63, 3.8) is 0 Å². The van der Waals surface area contributed by atoms with E-state index in [1.165, 1.54) is 4.90 Å². The van der Waals surface area contributed by atoms with Crippen LogP contribution in [-0.4, -0.2) is 86.5 Å². The molecule has 0 unspecified atom stereocenters. The first kappa shape index (κ1) is 25.8. The summed E-state index contributed by atoms with van der Waals surface area (Å²) in [5, 5.41) is 6.10. The molecule has 2 aliphatic rings. The summed E-state index contributed by atoms with van der Waals surface area (Å²) in [6.45, 7) is 5.91. The molecule has 0 radical (unpaired) electrons. The van der Waals surface area contributed by atoms with E-state index < -0.39 is 6.04 Å². The molecule has 0 aromatic heterocycles. The monoisotopic (exact) mass is 513 g/mol. The van der Waals surface area contributed by atoms with Crippen LogP contribution >= 0.6 is 11.6 Å². The Morgan fingerprint density at radius 2 is 1.81 bits per heavy atom. The van der Waals surface area contributed by atoms with E-state index in [1.807, 2.05) is 37.3 Å². The molecule has 192 valence electrons. The number of rotatable bonds is 7. The summed E-state index contributed by atoms with van der Waals surface area (Å²) in [4.78, 5) is 44.4. The second-order valence-corrected chi connectivity index (χ2v) is 9.48. The number of hydrogen-bond donors (Lipinski definition) is 2. The Bertz CT molecular complexity index is 1100. The van der Waals surface area contributed by atoms with E-state index >= 15 is 0 Å². The number of amides is 3. The van der Waals surface area contributed by atoms with Gasteiger partial charge in [0.2, 0.25) is 17.7 Å². The second kappa shape index (κ2) is 11.6. The summed E-state index contributed by atoms with van der Waals surface area (Å²) in [5.41, 5.74) is 2.58. The Kier molecular flexibility index (Phi) is 8.32. The van der Waals surface area contributed by atoms with E-state index in [2.05, 4.69) is 20.4 Å².